The summed E-state index contributed by atoms with van der Waals surface area (Å²) in [6.07, 6.45) is 1.59. The van der Waals surface area contributed by atoms with Crippen molar-refractivity contribution >= 4 is 23.0 Å². The summed E-state index contributed by atoms with van der Waals surface area (Å²) in [6, 6.07) is 16.6. The van der Waals surface area contributed by atoms with Crippen LogP contribution < -0.4 is 16.5 Å². The third-order valence-electron chi connectivity index (χ3n) is 4.00. The van der Waals surface area contributed by atoms with Gasteiger partial charge in [-0.2, -0.15) is 0 Å². The van der Waals surface area contributed by atoms with Crippen molar-refractivity contribution in [2.75, 3.05) is 16.5 Å². The van der Waals surface area contributed by atoms with Crippen LogP contribution in [0.4, 0.5) is 17.1 Å². The number of hydrogen-bond acceptors (Lipinski definition) is 5. The van der Waals surface area contributed by atoms with Crippen LogP contribution in [-0.4, -0.2) is 10.9 Å². The first-order chi connectivity index (χ1) is 12.2. The molecule has 1 amide bonds. The van der Waals surface area contributed by atoms with Crippen LogP contribution in [0.15, 0.2) is 60.8 Å². The molecule has 1 aromatic heterocycles. The van der Waals surface area contributed by atoms with Crippen LogP contribution in [0.2, 0.25) is 0 Å². The summed E-state index contributed by atoms with van der Waals surface area (Å²) in [7, 11) is 0. The van der Waals surface area contributed by atoms with Crippen molar-refractivity contribution in [3.05, 3.63) is 72.1 Å². The number of carbonyl (C=O) groups is 1. The number of aromatic nitrogens is 1. The van der Waals surface area contributed by atoms with E-state index in [1.54, 1.807) is 24.4 Å². The molecular weight excluding hydrogens is 316 g/mol. The summed E-state index contributed by atoms with van der Waals surface area (Å²) >= 11 is 0. The number of benzene rings is 2. The maximum absolute atomic E-state index is 12.2. The lowest BCUT2D eigenvalue weighted by atomic mass is 9.98. The monoisotopic (exact) mass is 332 g/mol. The van der Waals surface area contributed by atoms with Crippen LogP contribution in [0.25, 0.3) is 11.1 Å². The SMILES string of the molecule is Nc1ccc2c(c1)CONc1cc(NC(=O)c3ccccn3)ccc1-2. The van der Waals surface area contributed by atoms with Crippen molar-refractivity contribution in [1.29, 1.82) is 0 Å². The topological polar surface area (TPSA) is 89.3 Å². The molecule has 2 heterocycles. The van der Waals surface area contributed by atoms with E-state index < -0.39 is 0 Å². The Morgan fingerprint density at radius 3 is 2.84 bits per heavy atom. The third kappa shape index (κ3) is 3.02. The molecule has 124 valence electrons. The van der Waals surface area contributed by atoms with Gasteiger partial charge in [-0.15, -0.1) is 0 Å². The zero-order valence-corrected chi connectivity index (χ0v) is 13.3. The summed E-state index contributed by atoms with van der Waals surface area (Å²) in [5, 5.41) is 2.84. The number of hydrogen-bond donors (Lipinski definition) is 3. The number of carbonyl (C=O) groups excluding carboxylic acids is 1. The fourth-order valence-corrected chi connectivity index (χ4v) is 2.82. The van der Waals surface area contributed by atoms with E-state index in [0.29, 0.717) is 23.7 Å². The van der Waals surface area contributed by atoms with Crippen LogP contribution in [0.5, 0.6) is 0 Å². The fourth-order valence-electron chi connectivity index (χ4n) is 2.82. The van der Waals surface area contributed by atoms with Crippen LogP contribution in [0.1, 0.15) is 16.1 Å². The maximum atomic E-state index is 12.2. The molecule has 0 radical (unpaired) electrons. The van der Waals surface area contributed by atoms with Gasteiger partial charge < -0.3 is 11.1 Å². The molecule has 0 aliphatic carbocycles. The van der Waals surface area contributed by atoms with E-state index in [0.717, 1.165) is 22.4 Å². The normalized spacial score (nSPS) is 12.3. The number of anilines is 3. The molecule has 0 atom stereocenters. The molecule has 0 saturated carbocycles. The van der Waals surface area contributed by atoms with Crippen molar-refractivity contribution in [3.8, 4) is 11.1 Å². The Balaban J connectivity index is 1.66. The van der Waals surface area contributed by atoms with E-state index in [2.05, 4.69) is 15.8 Å². The lowest BCUT2D eigenvalue weighted by Gasteiger charge is -2.12. The van der Waals surface area contributed by atoms with Crippen LogP contribution in [-0.2, 0) is 11.4 Å². The average Bonchev–Trinajstić information content (AvgIpc) is 2.80. The Bertz CT molecular complexity index is 941. The van der Waals surface area contributed by atoms with Crippen LogP contribution in [0, 0.1) is 0 Å². The van der Waals surface area contributed by atoms with Gasteiger partial charge in [-0.25, -0.2) is 0 Å². The minimum atomic E-state index is -0.261. The Labute approximate surface area is 144 Å². The van der Waals surface area contributed by atoms with Gasteiger partial charge in [0.15, 0.2) is 0 Å². The molecule has 1 aliphatic rings. The van der Waals surface area contributed by atoms with Gasteiger partial charge in [0.1, 0.15) is 12.3 Å². The standard InChI is InChI=1S/C19H16N4O2/c20-13-4-6-15-12(9-13)11-25-23-18-10-14(5-7-16(15)18)22-19(24)17-3-1-2-8-21-17/h1-10,23H,11,20H2,(H,22,24). The van der Waals surface area contributed by atoms with E-state index in [-0.39, 0.29) is 5.91 Å². The number of nitrogens with zero attached hydrogens (tertiary/aromatic N) is 1. The second kappa shape index (κ2) is 6.26. The summed E-state index contributed by atoms with van der Waals surface area (Å²) in [5.41, 5.74) is 14.3. The second-order valence-corrected chi connectivity index (χ2v) is 5.74. The number of nitrogens with one attached hydrogen (secondary N) is 2. The molecule has 0 saturated heterocycles. The zero-order valence-electron chi connectivity index (χ0n) is 13.3. The average molecular weight is 332 g/mol. The Morgan fingerprint density at radius 2 is 2.00 bits per heavy atom. The van der Waals surface area contributed by atoms with Crippen molar-refractivity contribution in [2.45, 2.75) is 6.61 Å². The quantitative estimate of drug-likeness (QED) is 0.626. The highest BCUT2D eigenvalue weighted by Gasteiger charge is 2.16. The van der Waals surface area contributed by atoms with Crippen molar-refractivity contribution in [3.63, 3.8) is 0 Å². The molecule has 2 aromatic carbocycles. The molecule has 4 N–H and O–H groups in total. The summed E-state index contributed by atoms with van der Waals surface area (Å²) in [5.74, 6) is -0.261. The predicted octanol–water partition coefficient (Wildman–Crippen LogP) is 3.44. The highest BCUT2D eigenvalue weighted by molar-refractivity contribution is 6.03. The summed E-state index contributed by atoms with van der Waals surface area (Å²) < 4.78 is 0. The van der Waals surface area contributed by atoms with Gasteiger partial charge in [-0.1, -0.05) is 18.2 Å². The molecule has 3 aromatic rings. The van der Waals surface area contributed by atoms with Crippen LogP contribution in [0.3, 0.4) is 0 Å². The van der Waals surface area contributed by atoms with Gasteiger partial charge in [0.25, 0.3) is 5.91 Å². The highest BCUT2D eigenvalue weighted by atomic mass is 16.6. The van der Waals surface area contributed by atoms with Gasteiger partial charge >= 0.3 is 0 Å². The lowest BCUT2D eigenvalue weighted by molar-refractivity contribution is 0.102. The van der Waals surface area contributed by atoms with E-state index in [1.165, 1.54) is 0 Å². The number of fused-ring (bicyclic) bond motifs is 3. The van der Waals surface area contributed by atoms with Gasteiger partial charge in [0.2, 0.25) is 0 Å². The number of rotatable bonds is 2. The smallest absolute Gasteiger partial charge is 0.274 e. The second-order valence-electron chi connectivity index (χ2n) is 5.74. The fraction of sp³-hybridized carbons (Fsp3) is 0.0526. The number of nitrogen functional groups attached to an aromatic ring is 1. The minimum Gasteiger partial charge on any atom is -0.399 e. The number of nitrogens with two attached hydrogens (primary N) is 1. The van der Waals surface area contributed by atoms with Gasteiger partial charge in [-0.3, -0.25) is 20.1 Å². The van der Waals surface area contributed by atoms with E-state index >= 15 is 0 Å². The Kier molecular flexibility index (Phi) is 3.80. The first kappa shape index (κ1) is 15.2. The largest absolute Gasteiger partial charge is 0.399 e. The first-order valence-corrected chi connectivity index (χ1v) is 7.84. The summed E-state index contributed by atoms with van der Waals surface area (Å²) in [6.45, 7) is 0.407. The molecule has 0 bridgehead atoms. The predicted molar refractivity (Wildman–Crippen MR) is 96.9 cm³/mol. The molecule has 0 unspecified atom stereocenters. The van der Waals surface area contributed by atoms with Crippen molar-refractivity contribution < 1.29 is 9.63 Å². The molecule has 25 heavy (non-hydrogen) atoms. The van der Waals surface area contributed by atoms with Gasteiger partial charge in [0, 0.05) is 23.1 Å². The molecular formula is C19H16N4O2. The highest BCUT2D eigenvalue weighted by Crippen LogP contribution is 2.36. The van der Waals surface area contributed by atoms with E-state index in [4.69, 9.17) is 10.6 Å². The Morgan fingerprint density at radius 1 is 1.12 bits per heavy atom. The molecule has 0 fully saturated rings. The van der Waals surface area contributed by atoms with Gasteiger partial charge in [0.05, 0.1) is 5.69 Å². The number of pyridine rings is 1. The Hall–Kier alpha value is -3.38. The van der Waals surface area contributed by atoms with Gasteiger partial charge in [-0.05, 0) is 47.5 Å². The molecule has 4 rings (SSSR count). The molecule has 0 spiro atoms. The molecule has 6 heteroatoms. The lowest BCUT2D eigenvalue weighted by Crippen LogP contribution is -2.13. The number of amides is 1. The minimum absolute atomic E-state index is 0.261. The van der Waals surface area contributed by atoms with Crippen molar-refractivity contribution in [2.24, 2.45) is 0 Å². The maximum Gasteiger partial charge on any atom is 0.274 e. The zero-order chi connectivity index (χ0) is 17.2. The molecule has 1 aliphatic heterocycles. The third-order valence-corrected chi connectivity index (χ3v) is 4.00. The van der Waals surface area contributed by atoms with Crippen molar-refractivity contribution in [1.82, 2.24) is 4.98 Å². The van der Waals surface area contributed by atoms with Crippen LogP contribution >= 0.6 is 0 Å². The van der Waals surface area contributed by atoms with E-state index in [1.807, 2.05) is 36.4 Å². The van der Waals surface area contributed by atoms with E-state index in [9.17, 15) is 4.79 Å². The first-order valence-electron chi connectivity index (χ1n) is 7.84. The summed E-state index contributed by atoms with van der Waals surface area (Å²) in [4.78, 5) is 21.8. The molecule has 6 nitrogen and oxygen atoms in total.